The smallest absolute Gasteiger partial charge is 0.326 e. The van der Waals surface area contributed by atoms with Crippen LogP contribution in [0.1, 0.15) is 38.2 Å². The summed E-state index contributed by atoms with van der Waals surface area (Å²) < 4.78 is 4.96. The number of hydrogen-bond donors (Lipinski definition) is 1. The van der Waals surface area contributed by atoms with Crippen LogP contribution in [-0.4, -0.2) is 41.7 Å². The van der Waals surface area contributed by atoms with Gasteiger partial charge in [0.2, 0.25) is 11.8 Å². The van der Waals surface area contributed by atoms with E-state index in [1.807, 2.05) is 25.1 Å². The molecule has 144 valence electrons. The van der Waals surface area contributed by atoms with Crippen LogP contribution in [0.15, 0.2) is 24.3 Å². The van der Waals surface area contributed by atoms with Crippen molar-refractivity contribution in [1.82, 2.24) is 4.90 Å². The normalized spacial score (nSPS) is 21.7. The molecule has 0 radical (unpaired) electrons. The van der Waals surface area contributed by atoms with E-state index in [2.05, 4.69) is 5.32 Å². The zero-order valence-electron chi connectivity index (χ0n) is 15.4. The number of para-hydroxylation sites is 1. The molecule has 7 heteroatoms. The molecule has 3 rings (SSSR count). The summed E-state index contributed by atoms with van der Waals surface area (Å²) in [6.07, 6.45) is 4.01. The summed E-state index contributed by atoms with van der Waals surface area (Å²) in [7, 11) is 0. The summed E-state index contributed by atoms with van der Waals surface area (Å²) in [5, 5.41) is 2.71. The first kappa shape index (κ1) is 19.1. The Morgan fingerprint density at radius 2 is 1.74 bits per heavy atom. The summed E-state index contributed by atoms with van der Waals surface area (Å²) in [4.78, 5) is 49.7. The first-order valence-electron chi connectivity index (χ1n) is 9.40. The molecule has 1 aromatic carbocycles. The Bertz CT molecular complexity index is 736. The molecule has 27 heavy (non-hydrogen) atoms. The molecule has 2 unspecified atom stereocenters. The van der Waals surface area contributed by atoms with Crippen LogP contribution in [0.4, 0.5) is 5.69 Å². The summed E-state index contributed by atoms with van der Waals surface area (Å²) in [5.74, 6) is -2.39. The minimum Gasteiger partial charge on any atom is -0.454 e. The highest BCUT2D eigenvalue weighted by molar-refractivity contribution is 6.07. The average Bonchev–Trinajstić information content (AvgIpc) is 2.92. The Morgan fingerprint density at radius 1 is 1.11 bits per heavy atom. The van der Waals surface area contributed by atoms with Gasteiger partial charge in [-0.25, -0.2) is 0 Å². The van der Waals surface area contributed by atoms with Gasteiger partial charge < -0.3 is 10.1 Å². The van der Waals surface area contributed by atoms with Gasteiger partial charge in [-0.05, 0) is 30.9 Å². The van der Waals surface area contributed by atoms with Crippen molar-refractivity contribution >= 4 is 29.4 Å². The zero-order valence-corrected chi connectivity index (χ0v) is 15.4. The van der Waals surface area contributed by atoms with E-state index in [0.29, 0.717) is 18.5 Å². The fourth-order valence-corrected chi connectivity index (χ4v) is 3.84. The van der Waals surface area contributed by atoms with Crippen LogP contribution < -0.4 is 5.32 Å². The second-order valence-corrected chi connectivity index (χ2v) is 6.98. The van der Waals surface area contributed by atoms with Crippen LogP contribution in [0.3, 0.4) is 0 Å². The maximum Gasteiger partial charge on any atom is 0.326 e. The number of likely N-dealkylation sites (tertiary alicyclic amines) is 1. The molecule has 2 atom stereocenters. The molecule has 3 amide bonds. The highest BCUT2D eigenvalue weighted by Gasteiger charge is 2.48. The van der Waals surface area contributed by atoms with Crippen molar-refractivity contribution in [2.24, 2.45) is 11.8 Å². The molecule has 1 aliphatic carbocycles. The van der Waals surface area contributed by atoms with Crippen molar-refractivity contribution in [3.63, 3.8) is 0 Å². The average molecular weight is 372 g/mol. The fourth-order valence-electron chi connectivity index (χ4n) is 3.84. The van der Waals surface area contributed by atoms with E-state index in [1.165, 1.54) is 0 Å². The van der Waals surface area contributed by atoms with Crippen molar-refractivity contribution in [1.29, 1.82) is 0 Å². The fraction of sp³-hybridized carbons (Fsp3) is 0.500. The van der Waals surface area contributed by atoms with Crippen LogP contribution in [0.5, 0.6) is 0 Å². The Kier molecular flexibility index (Phi) is 5.88. The van der Waals surface area contributed by atoms with E-state index in [-0.39, 0.29) is 23.7 Å². The number of hydrogen-bond acceptors (Lipinski definition) is 5. The predicted octanol–water partition coefficient (Wildman–Crippen LogP) is 1.91. The Balaban J connectivity index is 1.50. The van der Waals surface area contributed by atoms with Gasteiger partial charge in [0, 0.05) is 5.69 Å². The number of esters is 1. The standard InChI is InChI=1S/C20H24N2O5/c1-2-13-7-3-6-10-16(13)21-17(23)12-27-18(24)11-22-19(25)14-8-4-5-9-15(14)20(22)26/h3,6-7,10,14-15H,2,4-5,8-9,11-12H2,1H3,(H,21,23). The highest BCUT2D eigenvalue weighted by atomic mass is 16.5. The number of nitrogens with zero attached hydrogens (tertiary/aromatic N) is 1. The van der Waals surface area contributed by atoms with E-state index in [9.17, 15) is 19.2 Å². The van der Waals surface area contributed by atoms with Gasteiger partial charge in [-0.2, -0.15) is 0 Å². The predicted molar refractivity (Wildman–Crippen MR) is 97.6 cm³/mol. The Morgan fingerprint density at radius 3 is 2.37 bits per heavy atom. The number of fused-ring (bicyclic) bond motifs is 1. The number of ether oxygens (including phenoxy) is 1. The maximum atomic E-state index is 12.4. The second-order valence-electron chi connectivity index (χ2n) is 6.98. The number of benzene rings is 1. The van der Waals surface area contributed by atoms with Gasteiger partial charge in [0.25, 0.3) is 5.91 Å². The van der Waals surface area contributed by atoms with Gasteiger partial charge in [0.15, 0.2) is 6.61 Å². The molecule has 2 fully saturated rings. The molecule has 0 bridgehead atoms. The third-order valence-electron chi connectivity index (χ3n) is 5.26. The lowest BCUT2D eigenvalue weighted by Crippen LogP contribution is -2.37. The molecular formula is C20H24N2O5. The molecule has 7 nitrogen and oxygen atoms in total. The van der Waals surface area contributed by atoms with Crippen LogP contribution in [0, 0.1) is 11.8 Å². The number of nitrogens with one attached hydrogen (secondary N) is 1. The Hall–Kier alpha value is -2.70. The largest absolute Gasteiger partial charge is 0.454 e. The minimum absolute atomic E-state index is 0.289. The van der Waals surface area contributed by atoms with Crippen molar-refractivity contribution in [2.45, 2.75) is 39.0 Å². The Labute approximate surface area is 158 Å². The molecule has 1 aliphatic heterocycles. The molecule has 1 saturated carbocycles. The molecule has 0 spiro atoms. The van der Waals surface area contributed by atoms with Crippen LogP contribution in [0.2, 0.25) is 0 Å². The van der Waals surface area contributed by atoms with Gasteiger partial charge in [0.1, 0.15) is 6.54 Å². The molecule has 1 aromatic rings. The second kappa shape index (κ2) is 8.33. The number of imide groups is 1. The summed E-state index contributed by atoms with van der Waals surface area (Å²) in [6.45, 7) is 1.09. The monoisotopic (exact) mass is 372 g/mol. The molecule has 1 saturated heterocycles. The lowest BCUT2D eigenvalue weighted by Gasteiger charge is -2.19. The first-order valence-corrected chi connectivity index (χ1v) is 9.40. The van der Waals surface area contributed by atoms with Gasteiger partial charge in [-0.15, -0.1) is 0 Å². The van der Waals surface area contributed by atoms with E-state index >= 15 is 0 Å². The van der Waals surface area contributed by atoms with Gasteiger partial charge in [0.05, 0.1) is 11.8 Å². The number of aryl methyl sites for hydroxylation is 1. The lowest BCUT2D eigenvalue weighted by molar-refractivity contribution is -0.154. The van der Waals surface area contributed by atoms with E-state index in [1.54, 1.807) is 6.07 Å². The maximum absolute atomic E-state index is 12.4. The van der Waals surface area contributed by atoms with E-state index < -0.39 is 25.0 Å². The SMILES string of the molecule is CCc1ccccc1NC(=O)COC(=O)CN1C(=O)C2CCCCC2C1=O. The number of amides is 3. The topological polar surface area (TPSA) is 92.8 Å². The lowest BCUT2D eigenvalue weighted by atomic mass is 9.81. The minimum atomic E-state index is -0.755. The van der Waals surface area contributed by atoms with E-state index in [4.69, 9.17) is 4.74 Å². The molecule has 1 heterocycles. The zero-order chi connectivity index (χ0) is 19.4. The third kappa shape index (κ3) is 4.18. The van der Waals surface area contributed by atoms with Gasteiger partial charge in [-0.3, -0.25) is 24.1 Å². The number of carbonyl (C=O) groups is 4. The first-order chi connectivity index (χ1) is 13.0. The van der Waals surface area contributed by atoms with Gasteiger partial charge in [-0.1, -0.05) is 38.0 Å². The molecule has 0 aromatic heterocycles. The van der Waals surface area contributed by atoms with Crippen LogP contribution in [-0.2, 0) is 30.3 Å². The summed E-state index contributed by atoms with van der Waals surface area (Å²) >= 11 is 0. The number of anilines is 1. The van der Waals surface area contributed by atoms with Crippen molar-refractivity contribution in [3.8, 4) is 0 Å². The third-order valence-corrected chi connectivity index (χ3v) is 5.26. The summed E-state index contributed by atoms with van der Waals surface area (Å²) in [5.41, 5.74) is 1.66. The summed E-state index contributed by atoms with van der Waals surface area (Å²) in [6, 6.07) is 7.38. The quantitative estimate of drug-likeness (QED) is 0.608. The molecule has 2 aliphatic rings. The highest BCUT2D eigenvalue weighted by Crippen LogP contribution is 2.37. The van der Waals surface area contributed by atoms with Crippen LogP contribution >= 0.6 is 0 Å². The molecular weight excluding hydrogens is 348 g/mol. The number of carbonyl (C=O) groups excluding carboxylic acids is 4. The van der Waals surface area contributed by atoms with E-state index in [0.717, 1.165) is 29.7 Å². The molecule has 1 N–H and O–H groups in total. The van der Waals surface area contributed by atoms with Crippen molar-refractivity contribution in [3.05, 3.63) is 29.8 Å². The van der Waals surface area contributed by atoms with Crippen molar-refractivity contribution in [2.75, 3.05) is 18.5 Å². The van der Waals surface area contributed by atoms with Crippen molar-refractivity contribution < 1.29 is 23.9 Å². The van der Waals surface area contributed by atoms with Crippen LogP contribution in [0.25, 0.3) is 0 Å². The number of rotatable bonds is 6. The van der Waals surface area contributed by atoms with Gasteiger partial charge >= 0.3 is 5.97 Å².